The first-order valence-electron chi connectivity index (χ1n) is 20.7. The SMILES string of the molecule is c1ccc(-c2cc(N(c3ccccc3-c3ccccc3)c3cc4c5ccccc5ccc4c4ccccc34)cc(-n3c4ccccc4c4c5ccccc5ccc43)c2)cc1. The van der Waals surface area contributed by atoms with Gasteiger partial charge in [-0.15, -0.1) is 0 Å². The van der Waals surface area contributed by atoms with Gasteiger partial charge in [0.15, 0.2) is 0 Å². The van der Waals surface area contributed by atoms with Gasteiger partial charge in [0.25, 0.3) is 0 Å². The van der Waals surface area contributed by atoms with Gasteiger partial charge < -0.3 is 9.47 Å². The van der Waals surface area contributed by atoms with Gasteiger partial charge in [0.1, 0.15) is 0 Å². The second kappa shape index (κ2) is 13.9. The Balaban J connectivity index is 1.23. The van der Waals surface area contributed by atoms with Crippen LogP contribution in [0.2, 0.25) is 0 Å². The zero-order chi connectivity index (χ0) is 39.6. The molecule has 0 bridgehead atoms. The Labute approximate surface area is 348 Å². The Morgan fingerprint density at radius 3 is 1.68 bits per heavy atom. The lowest BCUT2D eigenvalue weighted by Gasteiger charge is -2.31. The van der Waals surface area contributed by atoms with Crippen LogP contribution in [-0.4, -0.2) is 4.57 Å². The molecule has 11 aromatic carbocycles. The highest BCUT2D eigenvalue weighted by molar-refractivity contribution is 6.23. The van der Waals surface area contributed by atoms with E-state index in [0.717, 1.165) is 39.4 Å². The third kappa shape index (κ3) is 5.42. The minimum atomic E-state index is 1.08. The number of anilines is 3. The normalized spacial score (nSPS) is 11.7. The summed E-state index contributed by atoms with van der Waals surface area (Å²) in [4.78, 5) is 2.52. The first-order chi connectivity index (χ1) is 29.8. The molecule has 0 unspecified atom stereocenters. The highest BCUT2D eigenvalue weighted by Crippen LogP contribution is 2.48. The Morgan fingerprint density at radius 1 is 0.300 bits per heavy atom. The standard InChI is InChI=1S/C58H38N2/c1-3-17-39(18-4-1)43-35-44(59-55-30-16-14-28-52(55)58-48-25-10-8-22-42(48)32-34-56(58)59)37-45(36-43)60(54-29-15-13-24-47(54)40-19-5-2-6-20-40)57-38-53-46-23-9-7-21-41(46)31-33-50(53)49-26-11-12-27-51(49)57/h1-38H. The fourth-order valence-corrected chi connectivity index (χ4v) is 9.63. The Morgan fingerprint density at radius 2 is 0.883 bits per heavy atom. The van der Waals surface area contributed by atoms with Crippen molar-refractivity contribution in [1.29, 1.82) is 0 Å². The molecule has 0 fully saturated rings. The molecule has 0 atom stereocenters. The molecule has 0 amide bonds. The number of aromatic nitrogens is 1. The van der Waals surface area contributed by atoms with Gasteiger partial charge >= 0.3 is 0 Å². The Bertz CT molecular complexity index is 3600. The zero-order valence-corrected chi connectivity index (χ0v) is 32.8. The number of nitrogens with zero attached hydrogens (tertiary/aromatic N) is 2. The monoisotopic (exact) mass is 762 g/mol. The molecule has 0 N–H and O–H groups in total. The van der Waals surface area contributed by atoms with Crippen LogP contribution in [0.15, 0.2) is 231 Å². The van der Waals surface area contributed by atoms with Crippen LogP contribution in [0.25, 0.3) is 92.8 Å². The van der Waals surface area contributed by atoms with Gasteiger partial charge in [0.05, 0.1) is 22.4 Å². The average molecular weight is 763 g/mol. The molecule has 1 heterocycles. The Hall–Kier alpha value is -7.94. The predicted molar refractivity (Wildman–Crippen MR) is 256 cm³/mol. The van der Waals surface area contributed by atoms with E-state index in [-0.39, 0.29) is 0 Å². The topological polar surface area (TPSA) is 8.17 Å². The van der Waals surface area contributed by atoms with Gasteiger partial charge in [-0.25, -0.2) is 0 Å². The van der Waals surface area contributed by atoms with Crippen molar-refractivity contribution in [1.82, 2.24) is 4.57 Å². The second-order valence-electron chi connectivity index (χ2n) is 15.7. The van der Waals surface area contributed by atoms with E-state index in [4.69, 9.17) is 0 Å². The summed E-state index contributed by atoms with van der Waals surface area (Å²) in [6.07, 6.45) is 0. The molecule has 280 valence electrons. The summed E-state index contributed by atoms with van der Waals surface area (Å²) in [5.74, 6) is 0. The van der Waals surface area contributed by atoms with Crippen LogP contribution >= 0.6 is 0 Å². The number of hydrogen-bond acceptors (Lipinski definition) is 1. The largest absolute Gasteiger partial charge is 0.309 e. The molecular formula is C58H38N2. The second-order valence-corrected chi connectivity index (χ2v) is 15.7. The van der Waals surface area contributed by atoms with Crippen LogP contribution in [0.3, 0.4) is 0 Å². The zero-order valence-electron chi connectivity index (χ0n) is 32.8. The van der Waals surface area contributed by atoms with Gasteiger partial charge in [0, 0.05) is 33.1 Å². The van der Waals surface area contributed by atoms with Crippen molar-refractivity contribution in [3.8, 4) is 27.9 Å². The lowest BCUT2D eigenvalue weighted by molar-refractivity contribution is 1.17. The predicted octanol–water partition coefficient (Wildman–Crippen LogP) is 16.2. The van der Waals surface area contributed by atoms with E-state index in [9.17, 15) is 0 Å². The molecule has 60 heavy (non-hydrogen) atoms. The fourth-order valence-electron chi connectivity index (χ4n) is 9.63. The molecule has 0 aliphatic rings. The van der Waals surface area contributed by atoms with E-state index >= 15 is 0 Å². The van der Waals surface area contributed by atoms with E-state index in [1.54, 1.807) is 0 Å². The van der Waals surface area contributed by atoms with E-state index in [1.165, 1.54) is 70.5 Å². The van der Waals surface area contributed by atoms with E-state index < -0.39 is 0 Å². The average Bonchev–Trinajstić information content (AvgIpc) is 3.67. The smallest absolute Gasteiger partial charge is 0.0547 e. The summed E-state index contributed by atoms with van der Waals surface area (Å²) in [6.45, 7) is 0. The van der Waals surface area contributed by atoms with Crippen LogP contribution in [-0.2, 0) is 0 Å². The molecule has 2 nitrogen and oxygen atoms in total. The first-order valence-corrected chi connectivity index (χ1v) is 20.7. The van der Waals surface area contributed by atoms with Crippen LogP contribution in [0.4, 0.5) is 17.1 Å². The highest BCUT2D eigenvalue weighted by atomic mass is 15.1. The molecule has 1 aromatic heterocycles. The fraction of sp³-hybridized carbons (Fsp3) is 0. The number of fused-ring (bicyclic) bond motifs is 10. The van der Waals surface area contributed by atoms with Gasteiger partial charge in [-0.2, -0.15) is 0 Å². The third-order valence-electron chi connectivity index (χ3n) is 12.3. The molecule has 12 rings (SSSR count). The summed E-state index contributed by atoms with van der Waals surface area (Å²) < 4.78 is 2.47. The molecule has 12 aromatic rings. The van der Waals surface area contributed by atoms with Gasteiger partial charge in [-0.1, -0.05) is 188 Å². The highest BCUT2D eigenvalue weighted by Gasteiger charge is 2.24. The number of hydrogen-bond donors (Lipinski definition) is 0. The van der Waals surface area contributed by atoms with Crippen molar-refractivity contribution in [2.75, 3.05) is 4.90 Å². The maximum absolute atomic E-state index is 2.52. The van der Waals surface area contributed by atoms with E-state index in [2.05, 4.69) is 240 Å². The van der Waals surface area contributed by atoms with Crippen molar-refractivity contribution < 1.29 is 0 Å². The number of para-hydroxylation sites is 2. The maximum Gasteiger partial charge on any atom is 0.0547 e. The molecule has 0 radical (unpaired) electrons. The first kappa shape index (κ1) is 34.1. The summed E-state index contributed by atoms with van der Waals surface area (Å²) >= 11 is 0. The minimum absolute atomic E-state index is 1.08. The molecule has 0 saturated heterocycles. The van der Waals surface area contributed by atoms with Gasteiger partial charge in [-0.3, -0.25) is 0 Å². The molecule has 0 aliphatic heterocycles. The van der Waals surface area contributed by atoms with Gasteiger partial charge in [0.2, 0.25) is 0 Å². The number of rotatable bonds is 6. The van der Waals surface area contributed by atoms with Crippen molar-refractivity contribution in [2.45, 2.75) is 0 Å². The Kier molecular flexibility index (Phi) is 7.89. The van der Waals surface area contributed by atoms with Crippen molar-refractivity contribution in [2.24, 2.45) is 0 Å². The minimum Gasteiger partial charge on any atom is -0.309 e. The summed E-state index contributed by atoms with van der Waals surface area (Å²) in [5, 5.41) is 12.4. The van der Waals surface area contributed by atoms with Crippen molar-refractivity contribution in [3.05, 3.63) is 231 Å². The third-order valence-corrected chi connectivity index (χ3v) is 12.3. The molecular weight excluding hydrogens is 725 g/mol. The lowest BCUT2D eigenvalue weighted by atomic mass is 9.94. The summed E-state index contributed by atoms with van der Waals surface area (Å²) in [6, 6.07) is 84.5. The summed E-state index contributed by atoms with van der Waals surface area (Å²) in [7, 11) is 0. The maximum atomic E-state index is 2.52. The van der Waals surface area contributed by atoms with E-state index in [0.29, 0.717) is 0 Å². The van der Waals surface area contributed by atoms with Crippen LogP contribution in [0, 0.1) is 0 Å². The summed E-state index contributed by atoms with van der Waals surface area (Å²) in [5.41, 5.74) is 11.4. The van der Waals surface area contributed by atoms with E-state index in [1.807, 2.05) is 0 Å². The van der Waals surface area contributed by atoms with Gasteiger partial charge in [-0.05, 0) is 96.9 Å². The molecule has 0 spiro atoms. The molecule has 2 heteroatoms. The van der Waals surface area contributed by atoms with Crippen LogP contribution < -0.4 is 4.90 Å². The van der Waals surface area contributed by atoms with Crippen LogP contribution in [0.1, 0.15) is 0 Å². The van der Waals surface area contributed by atoms with Crippen molar-refractivity contribution >= 4 is 82.0 Å². The molecule has 0 aliphatic carbocycles. The molecule has 0 saturated carbocycles. The van der Waals surface area contributed by atoms with Crippen LogP contribution in [0.5, 0.6) is 0 Å². The lowest BCUT2D eigenvalue weighted by Crippen LogP contribution is -2.13. The quantitative estimate of drug-likeness (QED) is 0.153. The number of benzene rings is 11. The van der Waals surface area contributed by atoms with Crippen molar-refractivity contribution in [3.63, 3.8) is 0 Å².